The van der Waals surface area contributed by atoms with Crippen LogP contribution in [0.15, 0.2) is 233 Å². The summed E-state index contributed by atoms with van der Waals surface area (Å²) in [5.41, 5.74) is 11.3. The summed E-state index contributed by atoms with van der Waals surface area (Å²) in [6, 6.07) is 72.9. The van der Waals surface area contributed by atoms with Crippen LogP contribution in [-0.2, 0) is 19.2 Å². The molecule has 0 atom stereocenters. The fraction of sp³-hybridized carbons (Fsp3) is 0.0169. The summed E-state index contributed by atoms with van der Waals surface area (Å²) >= 11 is 0. The summed E-state index contributed by atoms with van der Waals surface area (Å²) in [7, 11) is 0. The van der Waals surface area contributed by atoms with E-state index in [2.05, 4.69) is 107 Å². The first-order chi connectivity index (χ1) is 34.1. The lowest BCUT2D eigenvalue weighted by atomic mass is 10.1. The van der Waals surface area contributed by atoms with Crippen LogP contribution >= 0.6 is 0 Å². The summed E-state index contributed by atoms with van der Waals surface area (Å²) in [6.45, 7) is 1.08. The van der Waals surface area contributed by atoms with Gasteiger partial charge in [-0.2, -0.15) is 9.59 Å². The zero-order valence-corrected chi connectivity index (χ0v) is 37.7. The van der Waals surface area contributed by atoms with E-state index in [0.717, 1.165) is 98.0 Å². The molecule has 11 heteroatoms. The molecule has 0 bridgehead atoms. The van der Waals surface area contributed by atoms with Crippen molar-refractivity contribution in [1.29, 1.82) is 0 Å². The third kappa shape index (κ3) is 12.5. The third-order valence-electron chi connectivity index (χ3n) is 10.5. The average molecular weight is 925 g/mol. The SMILES string of the molecule is CC(=O)O.O=C(O)/C=C/c1ccc2cc(-c3ccc(N(c4ccccc4)c4ccccc4)cc3)oc2c1.O=C=O.O=Cc1ccc2cc(-c3ccc(N(c4ccccc4)c4ccccc4)cc3)oc2c1. The van der Waals surface area contributed by atoms with Gasteiger partial charge in [-0.05, 0) is 133 Å². The van der Waals surface area contributed by atoms with E-state index < -0.39 is 11.9 Å². The molecule has 0 aliphatic carbocycles. The van der Waals surface area contributed by atoms with Crippen molar-refractivity contribution >= 4 is 86.5 Å². The Hall–Kier alpha value is -9.83. The zero-order valence-electron chi connectivity index (χ0n) is 37.7. The molecular formula is C59H44N2O9. The second-order valence-electron chi connectivity index (χ2n) is 15.3. The first-order valence-corrected chi connectivity index (χ1v) is 21.8. The van der Waals surface area contributed by atoms with Crippen molar-refractivity contribution in [2.45, 2.75) is 6.92 Å². The molecule has 2 aromatic heterocycles. The molecule has 11 nitrogen and oxygen atoms in total. The number of benzene rings is 8. The molecule has 0 fully saturated rings. The standard InChI is InChI=1S/C29H21NO3.C27H19NO2.C2H4O2.CO2/c31-29(32)18-12-21-11-13-23-20-28(33-27(23)19-21)22-14-16-26(17-15-22)30(24-7-3-1-4-8-24)25-9-5-2-6-10-25;29-19-20-11-12-22-18-27(30-26(22)17-20)21-13-15-25(16-14-21)28(23-7-3-1-4-8-23)24-9-5-2-6-10-24;1-2(3)4;2-1-3/h1-20H,(H,31,32);1-19H;1H3,(H,3,4);/b18-12+;;;. The minimum Gasteiger partial charge on any atom is -0.481 e. The fourth-order valence-electron chi connectivity index (χ4n) is 7.48. The largest absolute Gasteiger partial charge is 0.481 e. The van der Waals surface area contributed by atoms with Crippen molar-refractivity contribution < 1.29 is 43.0 Å². The molecule has 8 aromatic carbocycles. The van der Waals surface area contributed by atoms with E-state index >= 15 is 0 Å². The number of carbonyl (C=O) groups excluding carboxylic acids is 3. The molecule has 10 aromatic rings. The number of carboxylic acid groups (broad SMARTS) is 2. The van der Waals surface area contributed by atoms with Crippen molar-refractivity contribution in [3.63, 3.8) is 0 Å². The third-order valence-corrected chi connectivity index (χ3v) is 10.5. The highest BCUT2D eigenvalue weighted by atomic mass is 16.4. The second-order valence-corrected chi connectivity index (χ2v) is 15.3. The van der Waals surface area contributed by atoms with E-state index in [1.807, 2.05) is 109 Å². The van der Waals surface area contributed by atoms with Crippen LogP contribution in [0.2, 0.25) is 0 Å². The van der Waals surface area contributed by atoms with E-state index in [1.165, 1.54) is 0 Å². The highest BCUT2D eigenvalue weighted by molar-refractivity contribution is 5.90. The predicted molar refractivity (Wildman–Crippen MR) is 273 cm³/mol. The summed E-state index contributed by atoms with van der Waals surface area (Å²) in [5, 5.41) is 18.2. The van der Waals surface area contributed by atoms with Gasteiger partial charge in [-0.3, -0.25) is 9.59 Å². The normalized spacial score (nSPS) is 10.4. The second kappa shape index (κ2) is 23.6. The van der Waals surface area contributed by atoms with Gasteiger partial charge in [0.1, 0.15) is 29.0 Å². The minimum absolute atomic E-state index is 0.250. The van der Waals surface area contributed by atoms with E-state index in [0.29, 0.717) is 11.1 Å². The molecule has 2 N–H and O–H groups in total. The van der Waals surface area contributed by atoms with Crippen molar-refractivity contribution in [3.05, 3.63) is 236 Å². The predicted octanol–water partition coefficient (Wildman–Crippen LogP) is 14.6. The maximum atomic E-state index is 11.0. The molecule has 70 heavy (non-hydrogen) atoms. The molecule has 0 aliphatic heterocycles. The van der Waals surface area contributed by atoms with Gasteiger partial charge in [0.2, 0.25) is 0 Å². The van der Waals surface area contributed by atoms with Gasteiger partial charge < -0.3 is 28.8 Å². The van der Waals surface area contributed by atoms with Crippen molar-refractivity contribution in [1.82, 2.24) is 0 Å². The molecule has 0 unspecified atom stereocenters. The zero-order chi connectivity index (χ0) is 49.2. The maximum Gasteiger partial charge on any atom is 0.373 e. The van der Waals surface area contributed by atoms with Gasteiger partial charge in [0.15, 0.2) is 0 Å². The van der Waals surface area contributed by atoms with Crippen LogP contribution in [0.3, 0.4) is 0 Å². The molecule has 0 amide bonds. The number of carboxylic acids is 2. The number of furan rings is 2. The minimum atomic E-state index is -0.977. The van der Waals surface area contributed by atoms with Gasteiger partial charge in [0.05, 0.1) is 0 Å². The quantitative estimate of drug-likeness (QED) is 0.0939. The van der Waals surface area contributed by atoms with E-state index in [-0.39, 0.29) is 6.15 Å². The molecule has 0 radical (unpaired) electrons. The maximum absolute atomic E-state index is 11.0. The van der Waals surface area contributed by atoms with Crippen LogP contribution < -0.4 is 9.80 Å². The molecule has 0 spiro atoms. The van der Waals surface area contributed by atoms with Gasteiger partial charge in [0, 0.05) is 74.6 Å². The summed E-state index contributed by atoms with van der Waals surface area (Å²) in [6.07, 6.45) is 3.76. The number of hydrogen-bond donors (Lipinski definition) is 2. The van der Waals surface area contributed by atoms with Crippen LogP contribution in [0, 0.1) is 0 Å². The number of anilines is 6. The van der Waals surface area contributed by atoms with Gasteiger partial charge >= 0.3 is 12.1 Å². The number of aliphatic carboxylic acids is 2. The number of hydrogen-bond acceptors (Lipinski definition) is 9. The van der Waals surface area contributed by atoms with Crippen molar-refractivity contribution in [3.8, 4) is 22.6 Å². The fourth-order valence-corrected chi connectivity index (χ4v) is 7.48. The summed E-state index contributed by atoms with van der Waals surface area (Å²) in [4.78, 5) is 51.5. The molecule has 10 rings (SSSR count). The molecule has 0 aliphatic rings. The van der Waals surface area contributed by atoms with Crippen molar-refractivity contribution in [2.75, 3.05) is 9.80 Å². The van der Waals surface area contributed by atoms with E-state index in [4.69, 9.17) is 33.4 Å². The number of carbonyl (C=O) groups is 3. The van der Waals surface area contributed by atoms with Crippen molar-refractivity contribution in [2.24, 2.45) is 0 Å². The molecule has 344 valence electrons. The Bertz CT molecular complexity index is 3280. The number of aldehydes is 1. The molecule has 2 heterocycles. The van der Waals surface area contributed by atoms with Crippen LogP contribution in [0.4, 0.5) is 34.1 Å². The Morgan fingerprint density at radius 3 is 1.10 bits per heavy atom. The van der Waals surface area contributed by atoms with Gasteiger partial charge in [0.25, 0.3) is 5.97 Å². The number of para-hydroxylation sites is 4. The first kappa shape index (κ1) is 48.1. The molecule has 0 saturated carbocycles. The smallest absolute Gasteiger partial charge is 0.373 e. The lowest BCUT2D eigenvalue weighted by Crippen LogP contribution is -2.09. The number of fused-ring (bicyclic) bond motifs is 2. The summed E-state index contributed by atoms with van der Waals surface area (Å²) in [5.74, 6) is -0.261. The highest BCUT2D eigenvalue weighted by Gasteiger charge is 2.15. The van der Waals surface area contributed by atoms with E-state index in [9.17, 15) is 9.59 Å². The average Bonchev–Trinajstić information content (AvgIpc) is 4.02. The Morgan fingerprint density at radius 2 is 0.771 bits per heavy atom. The Balaban J connectivity index is 0.000000183. The van der Waals surface area contributed by atoms with Crippen LogP contribution in [0.1, 0.15) is 22.8 Å². The lowest BCUT2D eigenvalue weighted by Gasteiger charge is -2.25. The topological polar surface area (TPSA) is 159 Å². The molecular weight excluding hydrogens is 881 g/mol. The molecule has 0 saturated heterocycles. The van der Waals surface area contributed by atoms with Gasteiger partial charge in [-0.1, -0.05) is 97.1 Å². The van der Waals surface area contributed by atoms with Gasteiger partial charge in [-0.25, -0.2) is 4.79 Å². The Morgan fingerprint density at radius 1 is 0.457 bits per heavy atom. The number of rotatable bonds is 11. The lowest BCUT2D eigenvalue weighted by molar-refractivity contribution is -0.191. The summed E-state index contributed by atoms with van der Waals surface area (Å²) < 4.78 is 12.1. The van der Waals surface area contributed by atoms with Crippen LogP contribution in [-0.4, -0.2) is 34.6 Å². The van der Waals surface area contributed by atoms with Crippen LogP contribution in [0.25, 0.3) is 50.7 Å². The number of nitrogens with zero attached hydrogens (tertiary/aromatic N) is 2. The highest BCUT2D eigenvalue weighted by Crippen LogP contribution is 2.38. The Kier molecular flexibility index (Phi) is 16.2. The van der Waals surface area contributed by atoms with Gasteiger partial charge in [-0.15, -0.1) is 0 Å². The monoisotopic (exact) mass is 924 g/mol. The first-order valence-electron chi connectivity index (χ1n) is 21.8. The Labute approximate surface area is 403 Å². The van der Waals surface area contributed by atoms with E-state index in [1.54, 1.807) is 18.2 Å². The van der Waals surface area contributed by atoms with Crippen LogP contribution in [0.5, 0.6) is 0 Å².